The second kappa shape index (κ2) is 9.59. The van der Waals surface area contributed by atoms with Gasteiger partial charge < -0.3 is 9.84 Å². The summed E-state index contributed by atoms with van der Waals surface area (Å²) in [5.74, 6) is 1.96. The van der Waals surface area contributed by atoms with Gasteiger partial charge in [0.1, 0.15) is 4.88 Å². The maximum Gasteiger partial charge on any atom is 0.270 e. The first-order valence-corrected chi connectivity index (χ1v) is 12.4. The molecule has 1 N–H and O–H groups in total. The van der Waals surface area contributed by atoms with Crippen molar-refractivity contribution in [1.82, 2.24) is 25.3 Å². The second-order valence-corrected chi connectivity index (χ2v) is 9.96. The molecule has 2 aliphatic rings. The minimum Gasteiger partial charge on any atom is -0.333 e. The third-order valence-electron chi connectivity index (χ3n) is 6.42. The Hall–Kier alpha value is -2.09. The van der Waals surface area contributed by atoms with E-state index in [-0.39, 0.29) is 0 Å². The minimum absolute atomic E-state index is 0.586. The number of nitrogens with one attached hydrogen (secondary N) is 1. The Morgan fingerprint density at radius 3 is 2.81 bits per heavy atom. The van der Waals surface area contributed by atoms with Crippen LogP contribution in [0.25, 0.3) is 22.2 Å². The minimum atomic E-state index is 0.586. The van der Waals surface area contributed by atoms with E-state index in [1.165, 1.54) is 55.8 Å². The van der Waals surface area contributed by atoms with Crippen LogP contribution in [0.3, 0.4) is 0 Å². The van der Waals surface area contributed by atoms with Crippen LogP contribution >= 0.6 is 11.3 Å². The van der Waals surface area contributed by atoms with Gasteiger partial charge in [-0.2, -0.15) is 4.98 Å². The summed E-state index contributed by atoms with van der Waals surface area (Å²) in [5, 5.41) is 8.91. The van der Waals surface area contributed by atoms with E-state index in [2.05, 4.69) is 39.6 Å². The summed E-state index contributed by atoms with van der Waals surface area (Å²) >= 11 is 1.71. The molecule has 0 atom stereocenters. The summed E-state index contributed by atoms with van der Waals surface area (Å²) in [4.78, 5) is 13.1. The first-order valence-electron chi connectivity index (χ1n) is 11.6. The molecule has 164 valence electrons. The molecule has 6 nitrogen and oxygen atoms in total. The van der Waals surface area contributed by atoms with Gasteiger partial charge in [0.15, 0.2) is 0 Å². The van der Waals surface area contributed by atoms with E-state index < -0.39 is 0 Å². The Bertz CT molecular complexity index is 1000. The SMILES string of the molecule is Cc1nc(CC2CCNCC2)sc1-c1nc(-c2cccc(CN3CCCCC3)c2)no1. The lowest BCUT2D eigenvalue weighted by molar-refractivity contribution is 0.221. The molecule has 31 heavy (non-hydrogen) atoms. The van der Waals surface area contributed by atoms with Gasteiger partial charge in [0, 0.05) is 18.5 Å². The number of likely N-dealkylation sites (tertiary alicyclic amines) is 1. The summed E-state index contributed by atoms with van der Waals surface area (Å²) in [5.41, 5.74) is 3.31. The molecule has 2 aromatic heterocycles. The molecule has 0 radical (unpaired) electrons. The molecule has 0 spiro atoms. The van der Waals surface area contributed by atoms with Crippen molar-refractivity contribution in [3.63, 3.8) is 0 Å². The lowest BCUT2D eigenvalue weighted by Crippen LogP contribution is -2.29. The lowest BCUT2D eigenvalue weighted by Gasteiger charge is -2.26. The molecule has 5 rings (SSSR count). The Kier molecular flexibility index (Phi) is 6.43. The maximum atomic E-state index is 5.67. The number of aromatic nitrogens is 3. The molecule has 0 aliphatic carbocycles. The average molecular weight is 438 g/mol. The van der Waals surface area contributed by atoms with Gasteiger partial charge in [-0.3, -0.25) is 4.90 Å². The Labute approximate surface area is 188 Å². The zero-order chi connectivity index (χ0) is 21.0. The standard InChI is InChI=1S/C24H31N5OS/c1-17-22(31-21(26-17)15-18-8-10-25-11-9-18)24-27-23(28-30-24)20-7-5-6-19(14-20)16-29-12-3-2-4-13-29/h5-7,14,18,25H,2-4,8-13,15-16H2,1H3. The van der Waals surface area contributed by atoms with Crippen LogP contribution in [0.5, 0.6) is 0 Å². The molecule has 0 bridgehead atoms. The number of thiazole rings is 1. The number of piperidine rings is 2. The van der Waals surface area contributed by atoms with E-state index in [0.29, 0.717) is 11.7 Å². The number of rotatable bonds is 6. The van der Waals surface area contributed by atoms with Crippen molar-refractivity contribution in [3.8, 4) is 22.2 Å². The van der Waals surface area contributed by atoms with Crippen LogP contribution in [0.2, 0.25) is 0 Å². The van der Waals surface area contributed by atoms with E-state index in [9.17, 15) is 0 Å². The third-order valence-corrected chi connectivity index (χ3v) is 7.59. The fraction of sp³-hybridized carbons (Fsp3) is 0.542. The highest BCUT2D eigenvalue weighted by Crippen LogP contribution is 2.32. The molecule has 1 aromatic carbocycles. The highest BCUT2D eigenvalue weighted by atomic mass is 32.1. The zero-order valence-corrected chi connectivity index (χ0v) is 19.1. The van der Waals surface area contributed by atoms with Gasteiger partial charge in [0.2, 0.25) is 5.82 Å². The normalized spacial score (nSPS) is 18.5. The summed E-state index contributed by atoms with van der Waals surface area (Å²) < 4.78 is 5.67. The van der Waals surface area contributed by atoms with Crippen LogP contribution in [0, 0.1) is 12.8 Å². The van der Waals surface area contributed by atoms with Gasteiger partial charge in [0.25, 0.3) is 5.89 Å². The number of hydrogen-bond donors (Lipinski definition) is 1. The first kappa shape index (κ1) is 20.8. The highest BCUT2D eigenvalue weighted by Gasteiger charge is 2.20. The summed E-state index contributed by atoms with van der Waals surface area (Å²) in [6.45, 7) is 7.66. The van der Waals surface area contributed by atoms with Crippen molar-refractivity contribution in [2.75, 3.05) is 26.2 Å². The average Bonchev–Trinajstić information content (AvgIpc) is 3.42. The van der Waals surface area contributed by atoms with Crippen molar-refractivity contribution >= 4 is 11.3 Å². The topological polar surface area (TPSA) is 67.1 Å². The predicted octanol–water partition coefficient (Wildman–Crippen LogP) is 4.70. The molecule has 0 saturated carbocycles. The molecule has 2 aliphatic heterocycles. The summed E-state index contributed by atoms with van der Waals surface area (Å²) in [7, 11) is 0. The maximum absolute atomic E-state index is 5.67. The van der Waals surface area contributed by atoms with Crippen molar-refractivity contribution in [1.29, 1.82) is 0 Å². The molecular formula is C24H31N5OS. The largest absolute Gasteiger partial charge is 0.333 e. The van der Waals surface area contributed by atoms with Crippen LogP contribution in [0.1, 0.15) is 48.4 Å². The third kappa shape index (κ3) is 5.05. The van der Waals surface area contributed by atoms with Crippen molar-refractivity contribution in [2.24, 2.45) is 5.92 Å². The quantitative estimate of drug-likeness (QED) is 0.603. The number of benzene rings is 1. The molecule has 3 aromatic rings. The van der Waals surface area contributed by atoms with Gasteiger partial charge in [-0.15, -0.1) is 11.3 Å². The van der Waals surface area contributed by atoms with Gasteiger partial charge >= 0.3 is 0 Å². The van der Waals surface area contributed by atoms with Crippen molar-refractivity contribution < 1.29 is 4.52 Å². The Morgan fingerprint density at radius 1 is 1.13 bits per heavy atom. The van der Waals surface area contributed by atoms with Crippen LogP contribution in [0.4, 0.5) is 0 Å². The van der Waals surface area contributed by atoms with Crippen LogP contribution in [0.15, 0.2) is 28.8 Å². The number of hydrogen-bond acceptors (Lipinski definition) is 7. The second-order valence-electron chi connectivity index (χ2n) is 8.88. The van der Waals surface area contributed by atoms with Crippen molar-refractivity contribution in [2.45, 2.75) is 52.0 Å². The van der Waals surface area contributed by atoms with Crippen LogP contribution in [-0.2, 0) is 13.0 Å². The molecule has 2 saturated heterocycles. The molecule has 7 heteroatoms. The highest BCUT2D eigenvalue weighted by molar-refractivity contribution is 7.15. The summed E-state index contributed by atoms with van der Waals surface area (Å²) in [6.07, 6.45) is 7.48. The van der Waals surface area contributed by atoms with E-state index >= 15 is 0 Å². The monoisotopic (exact) mass is 437 g/mol. The van der Waals surface area contributed by atoms with E-state index in [1.54, 1.807) is 11.3 Å². The van der Waals surface area contributed by atoms with Gasteiger partial charge in [-0.25, -0.2) is 4.98 Å². The van der Waals surface area contributed by atoms with E-state index in [4.69, 9.17) is 14.5 Å². The number of nitrogens with zero attached hydrogens (tertiary/aromatic N) is 4. The fourth-order valence-electron chi connectivity index (χ4n) is 4.69. The molecule has 0 unspecified atom stereocenters. The lowest BCUT2D eigenvalue weighted by atomic mass is 9.95. The van der Waals surface area contributed by atoms with Gasteiger partial charge in [-0.05, 0) is 76.3 Å². The van der Waals surface area contributed by atoms with Gasteiger partial charge in [-0.1, -0.05) is 29.8 Å². The van der Waals surface area contributed by atoms with Crippen LogP contribution in [-0.4, -0.2) is 46.2 Å². The van der Waals surface area contributed by atoms with E-state index in [0.717, 1.165) is 48.1 Å². The molecular weight excluding hydrogens is 406 g/mol. The summed E-state index contributed by atoms with van der Waals surface area (Å²) in [6, 6.07) is 8.56. The smallest absolute Gasteiger partial charge is 0.270 e. The predicted molar refractivity (Wildman–Crippen MR) is 124 cm³/mol. The molecule has 2 fully saturated rings. The van der Waals surface area contributed by atoms with Crippen LogP contribution < -0.4 is 5.32 Å². The van der Waals surface area contributed by atoms with Gasteiger partial charge in [0.05, 0.1) is 10.7 Å². The van der Waals surface area contributed by atoms with E-state index in [1.807, 2.05) is 6.92 Å². The van der Waals surface area contributed by atoms with Crippen molar-refractivity contribution in [3.05, 3.63) is 40.5 Å². The molecule has 4 heterocycles. The zero-order valence-electron chi connectivity index (χ0n) is 18.3. The molecule has 0 amide bonds. The Balaban J connectivity index is 1.30. The fourth-order valence-corrected chi connectivity index (χ4v) is 5.79. The number of aryl methyl sites for hydroxylation is 1. The Morgan fingerprint density at radius 2 is 1.97 bits per heavy atom. The first-order chi connectivity index (χ1) is 15.2.